The number of hydrogen-bond donors (Lipinski definition) is 2. The van der Waals surface area contributed by atoms with E-state index in [0.717, 1.165) is 17.0 Å². The normalized spacial score (nSPS) is 10.6. The number of aromatic nitrogens is 1. The van der Waals surface area contributed by atoms with Crippen molar-refractivity contribution in [1.82, 2.24) is 10.3 Å². The number of guanidine groups is 1. The Morgan fingerprint density at radius 2 is 2.24 bits per heavy atom. The minimum atomic E-state index is 0. The fourth-order valence-electron chi connectivity index (χ4n) is 1.15. The molecule has 0 spiro atoms. The van der Waals surface area contributed by atoms with Gasteiger partial charge in [0, 0.05) is 12.2 Å². The summed E-state index contributed by atoms with van der Waals surface area (Å²) in [6.07, 6.45) is 0. The van der Waals surface area contributed by atoms with Crippen molar-refractivity contribution in [3.05, 3.63) is 41.7 Å². The van der Waals surface area contributed by atoms with Gasteiger partial charge in [-0.1, -0.05) is 18.2 Å². The van der Waals surface area contributed by atoms with E-state index >= 15 is 0 Å². The van der Waals surface area contributed by atoms with Crippen LogP contribution in [0.15, 0.2) is 35.3 Å². The maximum Gasteiger partial charge on any atom is 0.189 e. The van der Waals surface area contributed by atoms with E-state index < -0.39 is 0 Å². The number of halogens is 1. The van der Waals surface area contributed by atoms with Crippen LogP contribution in [0.3, 0.4) is 0 Å². The van der Waals surface area contributed by atoms with Crippen LogP contribution in [0.5, 0.6) is 0 Å². The molecule has 0 saturated heterocycles. The number of aryl methyl sites for hydroxylation is 1. The minimum Gasteiger partial charge on any atom is -0.370 e. The van der Waals surface area contributed by atoms with Gasteiger partial charge in [0.25, 0.3) is 0 Å². The van der Waals surface area contributed by atoms with Crippen molar-refractivity contribution >= 4 is 29.9 Å². The van der Waals surface area contributed by atoms with Gasteiger partial charge in [-0.3, -0.25) is 4.98 Å². The summed E-state index contributed by atoms with van der Waals surface area (Å²) in [4.78, 5) is 8.52. The third-order valence-corrected chi connectivity index (χ3v) is 1.93. The summed E-state index contributed by atoms with van der Waals surface area (Å²) in [5, 5.41) is 2.97. The highest BCUT2D eigenvalue weighted by molar-refractivity contribution is 14.0. The fraction of sp³-hybridized carbons (Fsp3) is 0.333. The Morgan fingerprint density at radius 1 is 1.53 bits per heavy atom. The van der Waals surface area contributed by atoms with Gasteiger partial charge >= 0.3 is 0 Å². The first-order valence-electron chi connectivity index (χ1n) is 5.18. The Balaban J connectivity index is 0.00000256. The number of hydrogen-bond acceptors (Lipinski definition) is 2. The van der Waals surface area contributed by atoms with Crippen LogP contribution in [0, 0.1) is 6.92 Å². The third kappa shape index (κ3) is 6.93. The first kappa shape index (κ1) is 15.9. The van der Waals surface area contributed by atoms with E-state index in [4.69, 9.17) is 5.73 Å². The van der Waals surface area contributed by atoms with Crippen LogP contribution >= 0.6 is 24.0 Å². The molecule has 5 heteroatoms. The third-order valence-electron chi connectivity index (χ3n) is 1.93. The highest BCUT2D eigenvalue weighted by atomic mass is 127. The predicted molar refractivity (Wildman–Crippen MR) is 82.5 cm³/mol. The van der Waals surface area contributed by atoms with Gasteiger partial charge in [0.05, 0.1) is 12.2 Å². The van der Waals surface area contributed by atoms with E-state index in [2.05, 4.69) is 21.9 Å². The van der Waals surface area contributed by atoms with Crippen molar-refractivity contribution < 1.29 is 0 Å². The average molecular weight is 346 g/mol. The van der Waals surface area contributed by atoms with E-state index in [0.29, 0.717) is 19.0 Å². The molecule has 1 aromatic rings. The number of nitrogens with one attached hydrogen (secondary N) is 1. The lowest BCUT2D eigenvalue weighted by atomic mass is 10.3. The lowest BCUT2D eigenvalue weighted by Crippen LogP contribution is -2.32. The molecule has 3 N–H and O–H groups in total. The molecule has 0 bridgehead atoms. The van der Waals surface area contributed by atoms with Crippen molar-refractivity contribution in [2.45, 2.75) is 20.4 Å². The molecule has 0 saturated carbocycles. The van der Waals surface area contributed by atoms with E-state index in [1.54, 1.807) is 0 Å². The molecule has 0 fully saturated rings. The summed E-state index contributed by atoms with van der Waals surface area (Å²) in [5.74, 6) is 0.423. The molecular weight excluding hydrogens is 327 g/mol. The summed E-state index contributed by atoms with van der Waals surface area (Å²) < 4.78 is 0. The number of nitrogens with two attached hydrogens (primary N) is 1. The molecule has 0 radical (unpaired) electrons. The molecule has 0 amide bonds. The van der Waals surface area contributed by atoms with Crippen LogP contribution in [0.4, 0.5) is 0 Å². The smallest absolute Gasteiger partial charge is 0.189 e. The first-order valence-corrected chi connectivity index (χ1v) is 5.18. The Labute approximate surface area is 119 Å². The molecule has 0 unspecified atom stereocenters. The highest BCUT2D eigenvalue weighted by Gasteiger charge is 1.95. The fourth-order valence-corrected chi connectivity index (χ4v) is 1.15. The topological polar surface area (TPSA) is 63.3 Å². The zero-order chi connectivity index (χ0) is 12.0. The van der Waals surface area contributed by atoms with Gasteiger partial charge in [0.15, 0.2) is 5.96 Å². The number of nitrogens with zero attached hydrogens (tertiary/aromatic N) is 2. The second-order valence-electron chi connectivity index (χ2n) is 3.78. The molecule has 1 aromatic heterocycles. The van der Waals surface area contributed by atoms with Gasteiger partial charge in [-0.25, -0.2) is 4.99 Å². The summed E-state index contributed by atoms with van der Waals surface area (Å²) in [7, 11) is 0. The Morgan fingerprint density at radius 3 is 2.82 bits per heavy atom. The Hall–Kier alpha value is -1.11. The molecule has 17 heavy (non-hydrogen) atoms. The van der Waals surface area contributed by atoms with Crippen LogP contribution in [0.1, 0.15) is 18.3 Å². The lowest BCUT2D eigenvalue weighted by Gasteiger charge is -2.04. The van der Waals surface area contributed by atoms with Crippen molar-refractivity contribution in [2.75, 3.05) is 6.54 Å². The van der Waals surface area contributed by atoms with Crippen molar-refractivity contribution in [3.8, 4) is 0 Å². The highest BCUT2D eigenvalue weighted by Crippen LogP contribution is 1.99. The Kier molecular flexibility index (Phi) is 7.53. The summed E-state index contributed by atoms with van der Waals surface area (Å²) >= 11 is 0. The second-order valence-corrected chi connectivity index (χ2v) is 3.78. The van der Waals surface area contributed by atoms with Crippen LogP contribution in [0.25, 0.3) is 0 Å². The first-order chi connectivity index (χ1) is 7.58. The van der Waals surface area contributed by atoms with Crippen LogP contribution < -0.4 is 11.1 Å². The van der Waals surface area contributed by atoms with Gasteiger partial charge in [-0.05, 0) is 26.0 Å². The lowest BCUT2D eigenvalue weighted by molar-refractivity contribution is 0.915. The van der Waals surface area contributed by atoms with Crippen molar-refractivity contribution in [1.29, 1.82) is 0 Å². The molecule has 0 atom stereocenters. The van der Waals surface area contributed by atoms with Crippen LogP contribution in [0.2, 0.25) is 0 Å². The molecule has 0 aromatic carbocycles. The maximum atomic E-state index is 5.68. The zero-order valence-corrected chi connectivity index (χ0v) is 12.6. The monoisotopic (exact) mass is 346 g/mol. The second kappa shape index (κ2) is 8.05. The number of aliphatic imine (C=N–C) groups is 1. The summed E-state index contributed by atoms with van der Waals surface area (Å²) in [5.41, 5.74) is 8.60. The molecule has 0 aliphatic heterocycles. The van der Waals surface area contributed by atoms with Gasteiger partial charge in [-0.2, -0.15) is 0 Å². The minimum absolute atomic E-state index is 0. The predicted octanol–water partition coefficient (Wildman–Crippen LogP) is 1.99. The SMILES string of the molecule is C=C(C)CNC(N)=NCc1cccc(C)n1.I. The molecule has 1 heterocycles. The van der Waals surface area contributed by atoms with E-state index in [1.807, 2.05) is 32.0 Å². The molecule has 0 aliphatic carbocycles. The molecule has 1 rings (SSSR count). The van der Waals surface area contributed by atoms with E-state index in [1.165, 1.54) is 0 Å². The quantitative estimate of drug-likeness (QED) is 0.379. The van der Waals surface area contributed by atoms with Gasteiger partial charge < -0.3 is 11.1 Å². The average Bonchev–Trinajstić information content (AvgIpc) is 2.23. The van der Waals surface area contributed by atoms with Crippen LogP contribution in [-0.2, 0) is 6.54 Å². The zero-order valence-electron chi connectivity index (χ0n) is 10.2. The van der Waals surface area contributed by atoms with Crippen molar-refractivity contribution in [3.63, 3.8) is 0 Å². The molecular formula is C12H19IN4. The Bertz CT molecular complexity index is 401. The summed E-state index contributed by atoms with van der Waals surface area (Å²) in [6, 6.07) is 5.85. The van der Waals surface area contributed by atoms with Crippen LogP contribution in [-0.4, -0.2) is 17.5 Å². The molecule has 0 aliphatic rings. The largest absolute Gasteiger partial charge is 0.370 e. The maximum absolute atomic E-state index is 5.68. The molecule has 94 valence electrons. The van der Waals surface area contributed by atoms with Crippen molar-refractivity contribution in [2.24, 2.45) is 10.7 Å². The summed E-state index contributed by atoms with van der Waals surface area (Å²) in [6.45, 7) is 8.80. The van der Waals surface area contributed by atoms with E-state index in [-0.39, 0.29) is 24.0 Å². The van der Waals surface area contributed by atoms with E-state index in [9.17, 15) is 0 Å². The molecule has 4 nitrogen and oxygen atoms in total. The van der Waals surface area contributed by atoms with Gasteiger partial charge in [0.2, 0.25) is 0 Å². The van der Waals surface area contributed by atoms with Gasteiger partial charge in [0.1, 0.15) is 0 Å². The number of pyridine rings is 1. The standard InChI is InChI=1S/C12H18N4.HI/c1-9(2)7-14-12(13)15-8-11-6-4-5-10(3)16-11;/h4-6H,1,7-8H2,2-3H3,(H3,13,14,15);1H. The number of rotatable bonds is 4. The van der Waals surface area contributed by atoms with Gasteiger partial charge in [-0.15, -0.1) is 24.0 Å².